The second-order valence-electron chi connectivity index (χ2n) is 4.44. The Kier molecular flexibility index (Phi) is 5.00. The maximum absolute atomic E-state index is 10.6. The summed E-state index contributed by atoms with van der Waals surface area (Å²) in [6.07, 6.45) is 6.89. The molecule has 5 nitrogen and oxygen atoms in total. The molecule has 0 saturated carbocycles. The van der Waals surface area contributed by atoms with E-state index in [2.05, 4.69) is 5.10 Å². The number of nitrogens with zero attached hydrogens (tertiary/aromatic N) is 2. The van der Waals surface area contributed by atoms with Crippen molar-refractivity contribution >= 4 is 23.6 Å². The Labute approximate surface area is 127 Å². The molecule has 0 amide bonds. The van der Waals surface area contributed by atoms with Crippen LogP contribution in [0.4, 0.5) is 0 Å². The Morgan fingerprint density at radius 2 is 2.33 bits per heavy atom. The number of ether oxygens (including phenoxy) is 1. The van der Waals surface area contributed by atoms with Crippen LogP contribution in [-0.4, -0.2) is 27.5 Å². The zero-order valence-electron chi connectivity index (χ0n) is 11.5. The maximum Gasteiger partial charge on any atom is 0.328 e. The molecule has 21 heavy (non-hydrogen) atoms. The van der Waals surface area contributed by atoms with Crippen LogP contribution in [-0.2, 0) is 18.3 Å². The van der Waals surface area contributed by atoms with Crippen molar-refractivity contribution < 1.29 is 14.6 Å². The van der Waals surface area contributed by atoms with Gasteiger partial charge in [-0.2, -0.15) is 5.10 Å². The highest BCUT2D eigenvalue weighted by atomic mass is 35.5. The molecule has 1 aromatic carbocycles. The zero-order chi connectivity index (χ0) is 15.2. The largest absolute Gasteiger partial charge is 0.493 e. The Balaban J connectivity index is 2.05. The van der Waals surface area contributed by atoms with E-state index in [1.165, 1.54) is 6.08 Å². The molecule has 1 heterocycles. The quantitative estimate of drug-likeness (QED) is 0.834. The summed E-state index contributed by atoms with van der Waals surface area (Å²) in [7, 11) is 1.86. The summed E-state index contributed by atoms with van der Waals surface area (Å²) in [5.41, 5.74) is 1.63. The Hall–Kier alpha value is -2.27. The molecule has 1 aromatic heterocycles. The van der Waals surface area contributed by atoms with Gasteiger partial charge >= 0.3 is 5.97 Å². The number of hydrogen-bond donors (Lipinski definition) is 1. The first-order chi connectivity index (χ1) is 10.1. The van der Waals surface area contributed by atoms with Crippen LogP contribution in [0.5, 0.6) is 5.75 Å². The molecule has 0 aliphatic heterocycles. The summed E-state index contributed by atoms with van der Waals surface area (Å²) in [5, 5.41) is 13.2. The van der Waals surface area contributed by atoms with Crippen LogP contribution in [0, 0.1) is 0 Å². The first-order valence-corrected chi connectivity index (χ1v) is 6.74. The van der Waals surface area contributed by atoms with E-state index >= 15 is 0 Å². The molecule has 110 valence electrons. The standard InChI is InChI=1S/C15H15ClN2O3/c1-18-10-11(9-17-18)7-8-21-14-4-2-3-13(16)12(14)5-6-15(19)20/h2-6,9-10H,7-8H2,1H3,(H,19,20)/b6-5+. The van der Waals surface area contributed by atoms with Crippen molar-refractivity contribution in [1.82, 2.24) is 9.78 Å². The number of halogens is 1. The van der Waals surface area contributed by atoms with Gasteiger partial charge in [-0.05, 0) is 23.8 Å². The molecule has 0 aliphatic carbocycles. The second-order valence-corrected chi connectivity index (χ2v) is 4.85. The fraction of sp³-hybridized carbons (Fsp3) is 0.200. The number of carbonyl (C=O) groups is 1. The fourth-order valence-electron chi connectivity index (χ4n) is 1.84. The summed E-state index contributed by atoms with van der Waals surface area (Å²) in [5.74, 6) is -0.472. The van der Waals surface area contributed by atoms with Gasteiger partial charge in [0.2, 0.25) is 0 Å². The van der Waals surface area contributed by atoms with E-state index in [1.54, 1.807) is 29.1 Å². The smallest absolute Gasteiger partial charge is 0.328 e. The van der Waals surface area contributed by atoms with E-state index in [0.717, 1.165) is 11.6 Å². The summed E-state index contributed by atoms with van der Waals surface area (Å²) in [6, 6.07) is 5.22. The van der Waals surface area contributed by atoms with Gasteiger partial charge in [-0.1, -0.05) is 17.7 Å². The normalized spacial score (nSPS) is 11.0. The number of carboxylic acid groups (broad SMARTS) is 1. The molecule has 0 atom stereocenters. The lowest BCUT2D eigenvalue weighted by molar-refractivity contribution is -0.131. The van der Waals surface area contributed by atoms with Crippen molar-refractivity contribution in [1.29, 1.82) is 0 Å². The number of aromatic nitrogens is 2. The van der Waals surface area contributed by atoms with Crippen LogP contribution >= 0.6 is 11.6 Å². The van der Waals surface area contributed by atoms with Crippen molar-refractivity contribution in [2.75, 3.05) is 6.61 Å². The molecule has 0 saturated heterocycles. The van der Waals surface area contributed by atoms with E-state index < -0.39 is 5.97 Å². The van der Waals surface area contributed by atoms with Crippen LogP contribution in [0.3, 0.4) is 0 Å². The Morgan fingerprint density at radius 1 is 1.52 bits per heavy atom. The molecule has 2 aromatic rings. The minimum absolute atomic E-state index is 0.450. The monoisotopic (exact) mass is 306 g/mol. The molecule has 0 spiro atoms. The van der Waals surface area contributed by atoms with Crippen molar-refractivity contribution in [2.24, 2.45) is 7.05 Å². The van der Waals surface area contributed by atoms with Gasteiger partial charge in [-0.25, -0.2) is 4.79 Å². The SMILES string of the molecule is Cn1cc(CCOc2cccc(Cl)c2/C=C/C(=O)O)cn1. The fourth-order valence-corrected chi connectivity index (χ4v) is 2.07. The lowest BCUT2D eigenvalue weighted by atomic mass is 10.2. The van der Waals surface area contributed by atoms with Crippen LogP contribution in [0.15, 0.2) is 36.7 Å². The van der Waals surface area contributed by atoms with Crippen molar-refractivity contribution in [3.05, 3.63) is 52.8 Å². The topological polar surface area (TPSA) is 64.3 Å². The third-order valence-corrected chi connectivity index (χ3v) is 3.14. The van der Waals surface area contributed by atoms with E-state index in [0.29, 0.717) is 29.4 Å². The molecular weight excluding hydrogens is 292 g/mol. The van der Waals surface area contributed by atoms with Gasteiger partial charge in [-0.3, -0.25) is 4.68 Å². The van der Waals surface area contributed by atoms with E-state index in [1.807, 2.05) is 13.2 Å². The van der Waals surface area contributed by atoms with Gasteiger partial charge < -0.3 is 9.84 Å². The second kappa shape index (κ2) is 6.95. The van der Waals surface area contributed by atoms with E-state index in [4.69, 9.17) is 21.4 Å². The molecule has 6 heteroatoms. The molecule has 0 bridgehead atoms. The molecule has 0 radical (unpaired) electrons. The predicted octanol–water partition coefficient (Wildman–Crippen LogP) is 2.79. The number of rotatable bonds is 6. The number of carboxylic acids is 1. The highest BCUT2D eigenvalue weighted by molar-refractivity contribution is 6.32. The average Bonchev–Trinajstić information content (AvgIpc) is 2.83. The summed E-state index contributed by atoms with van der Waals surface area (Å²) in [4.78, 5) is 10.6. The Bertz CT molecular complexity index is 665. The van der Waals surface area contributed by atoms with E-state index in [-0.39, 0.29) is 0 Å². The maximum atomic E-state index is 10.6. The molecule has 0 unspecified atom stereocenters. The minimum atomic E-state index is -1.03. The summed E-state index contributed by atoms with van der Waals surface area (Å²) < 4.78 is 7.43. The Morgan fingerprint density at radius 3 is 3.00 bits per heavy atom. The highest BCUT2D eigenvalue weighted by Gasteiger charge is 2.06. The highest BCUT2D eigenvalue weighted by Crippen LogP contribution is 2.28. The third kappa shape index (κ3) is 4.36. The first-order valence-electron chi connectivity index (χ1n) is 6.36. The van der Waals surface area contributed by atoms with Crippen LogP contribution < -0.4 is 4.74 Å². The van der Waals surface area contributed by atoms with E-state index in [9.17, 15) is 4.79 Å². The molecule has 0 fully saturated rings. The van der Waals surface area contributed by atoms with Gasteiger partial charge in [-0.15, -0.1) is 0 Å². The van der Waals surface area contributed by atoms with Crippen LogP contribution in [0.1, 0.15) is 11.1 Å². The lowest BCUT2D eigenvalue weighted by Crippen LogP contribution is -2.02. The van der Waals surface area contributed by atoms with Crippen molar-refractivity contribution in [2.45, 2.75) is 6.42 Å². The molecule has 0 aliphatic rings. The van der Waals surface area contributed by atoms with Crippen molar-refractivity contribution in [3.8, 4) is 5.75 Å². The minimum Gasteiger partial charge on any atom is -0.493 e. The third-order valence-electron chi connectivity index (χ3n) is 2.81. The number of benzene rings is 1. The summed E-state index contributed by atoms with van der Waals surface area (Å²) in [6.45, 7) is 0.458. The lowest BCUT2D eigenvalue weighted by Gasteiger charge is -2.10. The number of aryl methyl sites for hydroxylation is 1. The predicted molar refractivity (Wildman–Crippen MR) is 80.5 cm³/mol. The van der Waals surface area contributed by atoms with Gasteiger partial charge in [0.15, 0.2) is 0 Å². The van der Waals surface area contributed by atoms with Crippen LogP contribution in [0.25, 0.3) is 6.08 Å². The van der Waals surface area contributed by atoms with Gasteiger partial charge in [0.1, 0.15) is 5.75 Å². The number of hydrogen-bond acceptors (Lipinski definition) is 3. The number of aliphatic carboxylic acids is 1. The van der Waals surface area contributed by atoms with Gasteiger partial charge in [0.05, 0.1) is 17.8 Å². The van der Waals surface area contributed by atoms with Gasteiger partial charge in [0, 0.05) is 31.3 Å². The first kappa shape index (κ1) is 15.1. The summed E-state index contributed by atoms with van der Waals surface area (Å²) >= 11 is 6.07. The molecular formula is C15H15ClN2O3. The van der Waals surface area contributed by atoms with Crippen molar-refractivity contribution in [3.63, 3.8) is 0 Å². The zero-order valence-corrected chi connectivity index (χ0v) is 12.2. The average molecular weight is 307 g/mol. The van der Waals surface area contributed by atoms with Crippen LogP contribution in [0.2, 0.25) is 5.02 Å². The molecule has 2 rings (SSSR count). The molecule has 1 N–H and O–H groups in total. The van der Waals surface area contributed by atoms with Gasteiger partial charge in [0.25, 0.3) is 0 Å².